The maximum absolute atomic E-state index is 12.2. The molecule has 0 aromatic heterocycles. The van der Waals surface area contributed by atoms with Gasteiger partial charge in [0.25, 0.3) is 0 Å². The molecule has 0 radical (unpaired) electrons. The Kier molecular flexibility index (Phi) is 4.01. The van der Waals surface area contributed by atoms with Gasteiger partial charge >= 0.3 is 0 Å². The van der Waals surface area contributed by atoms with Gasteiger partial charge in [-0.25, -0.2) is 13.1 Å². The third-order valence-electron chi connectivity index (χ3n) is 3.47. The van der Waals surface area contributed by atoms with Crippen molar-refractivity contribution in [3.63, 3.8) is 0 Å². The van der Waals surface area contributed by atoms with Crippen LogP contribution < -0.4 is 16.2 Å². The molecule has 2 rings (SSSR count). The van der Waals surface area contributed by atoms with Crippen molar-refractivity contribution in [1.29, 1.82) is 0 Å². The summed E-state index contributed by atoms with van der Waals surface area (Å²) in [4.78, 5) is 11.0. The van der Waals surface area contributed by atoms with Crippen LogP contribution in [0.1, 0.15) is 36.5 Å². The summed E-state index contributed by atoms with van der Waals surface area (Å²) in [6, 6.07) is 3.96. The summed E-state index contributed by atoms with van der Waals surface area (Å²) < 4.78 is 27.1. The van der Waals surface area contributed by atoms with Gasteiger partial charge in [-0.2, -0.15) is 0 Å². The van der Waals surface area contributed by atoms with E-state index in [0.717, 1.165) is 19.3 Å². The summed E-state index contributed by atoms with van der Waals surface area (Å²) in [5.41, 5.74) is 11.1. The van der Waals surface area contributed by atoms with Gasteiger partial charge in [0.15, 0.2) is 0 Å². The van der Waals surface area contributed by atoms with E-state index in [9.17, 15) is 13.2 Å². The second-order valence-electron chi connectivity index (χ2n) is 5.13. The zero-order chi connectivity index (χ0) is 14.9. The monoisotopic (exact) mass is 297 g/mol. The number of primary amides is 1. The predicted octanol–water partition coefficient (Wildman–Crippen LogP) is 0.835. The van der Waals surface area contributed by atoms with Gasteiger partial charge in [-0.1, -0.05) is 13.3 Å². The van der Waals surface area contributed by atoms with E-state index in [1.807, 2.05) is 0 Å². The van der Waals surface area contributed by atoms with E-state index in [2.05, 4.69) is 11.6 Å². The second-order valence-corrected chi connectivity index (χ2v) is 6.81. The SMILES string of the molecule is CCCC1CC1NS(=O)(=O)c1ccc(C(N)=O)cc1N. The first kappa shape index (κ1) is 14.8. The van der Waals surface area contributed by atoms with Crippen LogP contribution in [0.15, 0.2) is 23.1 Å². The molecular weight excluding hydrogens is 278 g/mol. The lowest BCUT2D eigenvalue weighted by atomic mass is 10.2. The largest absolute Gasteiger partial charge is 0.398 e. The van der Waals surface area contributed by atoms with Gasteiger partial charge < -0.3 is 11.5 Å². The van der Waals surface area contributed by atoms with Gasteiger partial charge in [0.2, 0.25) is 15.9 Å². The van der Waals surface area contributed by atoms with Crippen LogP contribution >= 0.6 is 0 Å². The van der Waals surface area contributed by atoms with Crippen molar-refractivity contribution in [3.8, 4) is 0 Å². The molecule has 0 spiro atoms. The zero-order valence-electron chi connectivity index (χ0n) is 11.3. The molecule has 1 fully saturated rings. The quantitative estimate of drug-likeness (QED) is 0.674. The van der Waals surface area contributed by atoms with Crippen LogP contribution in [0, 0.1) is 5.92 Å². The highest BCUT2D eigenvalue weighted by Gasteiger charge is 2.39. The summed E-state index contributed by atoms with van der Waals surface area (Å²) in [5, 5.41) is 0. The van der Waals surface area contributed by atoms with E-state index in [0.29, 0.717) is 5.92 Å². The molecular formula is C13H19N3O3S. The number of sulfonamides is 1. The second kappa shape index (κ2) is 5.41. The molecule has 0 saturated heterocycles. The Morgan fingerprint density at radius 1 is 1.45 bits per heavy atom. The first-order valence-electron chi connectivity index (χ1n) is 6.56. The number of hydrogen-bond donors (Lipinski definition) is 3. The van der Waals surface area contributed by atoms with E-state index in [-0.39, 0.29) is 22.2 Å². The molecule has 0 bridgehead atoms. The number of amides is 1. The molecule has 1 amide bonds. The normalized spacial score (nSPS) is 21.6. The molecule has 0 aliphatic heterocycles. The summed E-state index contributed by atoms with van der Waals surface area (Å²) in [5.74, 6) is -0.222. The highest BCUT2D eigenvalue weighted by Crippen LogP contribution is 2.36. The van der Waals surface area contributed by atoms with Crippen LogP contribution in [0.4, 0.5) is 5.69 Å². The van der Waals surface area contributed by atoms with E-state index >= 15 is 0 Å². The third-order valence-corrected chi connectivity index (χ3v) is 5.04. The molecule has 2 unspecified atom stereocenters. The van der Waals surface area contributed by atoms with Crippen LogP contribution in [-0.4, -0.2) is 20.4 Å². The highest BCUT2D eigenvalue weighted by atomic mass is 32.2. The number of hydrogen-bond acceptors (Lipinski definition) is 4. The summed E-state index contributed by atoms with van der Waals surface area (Å²) in [6.07, 6.45) is 2.92. The Labute approximate surface area is 118 Å². The number of nitrogen functional groups attached to an aromatic ring is 1. The van der Waals surface area contributed by atoms with Crippen LogP contribution in [-0.2, 0) is 10.0 Å². The summed E-state index contributed by atoms with van der Waals surface area (Å²) in [7, 11) is -3.65. The number of benzene rings is 1. The first-order chi connectivity index (χ1) is 9.35. The minimum absolute atomic E-state index is 0.00448. The molecule has 7 heteroatoms. The number of nitrogens with one attached hydrogen (secondary N) is 1. The van der Waals surface area contributed by atoms with Crippen molar-refractivity contribution in [2.75, 3.05) is 5.73 Å². The van der Waals surface area contributed by atoms with E-state index < -0.39 is 15.9 Å². The standard InChI is InChI=1S/C13H19N3O3S/c1-2-3-8-7-11(8)16-20(18,19)12-5-4-9(13(15)17)6-10(12)14/h4-6,8,11,16H,2-3,7,14H2,1H3,(H2,15,17). The van der Waals surface area contributed by atoms with Crippen molar-refractivity contribution in [2.24, 2.45) is 11.7 Å². The van der Waals surface area contributed by atoms with Crippen LogP contribution in [0.25, 0.3) is 0 Å². The van der Waals surface area contributed by atoms with Crippen LogP contribution in [0.2, 0.25) is 0 Å². The average molecular weight is 297 g/mol. The lowest BCUT2D eigenvalue weighted by Crippen LogP contribution is -2.28. The van der Waals surface area contributed by atoms with E-state index in [4.69, 9.17) is 11.5 Å². The Balaban J connectivity index is 2.16. The van der Waals surface area contributed by atoms with Crippen molar-refractivity contribution in [2.45, 2.75) is 37.1 Å². The van der Waals surface area contributed by atoms with E-state index in [1.165, 1.54) is 18.2 Å². The number of nitrogens with two attached hydrogens (primary N) is 2. The molecule has 5 N–H and O–H groups in total. The van der Waals surface area contributed by atoms with Gasteiger partial charge in [-0.05, 0) is 37.0 Å². The molecule has 2 atom stereocenters. The van der Waals surface area contributed by atoms with Gasteiger partial charge in [-0.15, -0.1) is 0 Å². The molecule has 110 valence electrons. The Bertz CT molecular complexity index is 628. The molecule has 1 aromatic rings. The van der Waals surface area contributed by atoms with E-state index in [1.54, 1.807) is 0 Å². The Hall–Kier alpha value is -1.60. The Morgan fingerprint density at radius 2 is 2.15 bits per heavy atom. The predicted molar refractivity (Wildman–Crippen MR) is 76.5 cm³/mol. The van der Waals surface area contributed by atoms with Gasteiger partial charge in [0.1, 0.15) is 4.90 Å². The average Bonchev–Trinajstić information content (AvgIpc) is 3.06. The molecule has 6 nitrogen and oxygen atoms in total. The minimum Gasteiger partial charge on any atom is -0.398 e. The summed E-state index contributed by atoms with van der Waals surface area (Å²) >= 11 is 0. The van der Waals surface area contributed by atoms with Gasteiger partial charge in [-0.3, -0.25) is 4.79 Å². The van der Waals surface area contributed by atoms with Gasteiger partial charge in [0, 0.05) is 11.6 Å². The molecule has 0 heterocycles. The molecule has 1 saturated carbocycles. The Morgan fingerprint density at radius 3 is 2.70 bits per heavy atom. The maximum Gasteiger partial charge on any atom is 0.248 e. The molecule has 1 aromatic carbocycles. The zero-order valence-corrected chi connectivity index (χ0v) is 12.1. The number of anilines is 1. The molecule has 1 aliphatic carbocycles. The smallest absolute Gasteiger partial charge is 0.248 e. The number of rotatable bonds is 6. The van der Waals surface area contributed by atoms with Crippen LogP contribution in [0.3, 0.4) is 0 Å². The highest BCUT2D eigenvalue weighted by molar-refractivity contribution is 7.89. The number of carbonyl (C=O) groups is 1. The molecule has 20 heavy (non-hydrogen) atoms. The van der Waals surface area contributed by atoms with Crippen molar-refractivity contribution < 1.29 is 13.2 Å². The van der Waals surface area contributed by atoms with Crippen molar-refractivity contribution in [1.82, 2.24) is 4.72 Å². The van der Waals surface area contributed by atoms with Gasteiger partial charge in [0.05, 0.1) is 5.69 Å². The summed E-state index contributed by atoms with van der Waals surface area (Å²) in [6.45, 7) is 2.07. The fourth-order valence-electron chi connectivity index (χ4n) is 2.29. The topological polar surface area (TPSA) is 115 Å². The van der Waals surface area contributed by atoms with Crippen molar-refractivity contribution in [3.05, 3.63) is 23.8 Å². The number of carbonyl (C=O) groups excluding carboxylic acids is 1. The lowest BCUT2D eigenvalue weighted by Gasteiger charge is -2.09. The maximum atomic E-state index is 12.2. The first-order valence-corrected chi connectivity index (χ1v) is 8.05. The third kappa shape index (κ3) is 3.10. The fraction of sp³-hybridized carbons (Fsp3) is 0.462. The fourth-order valence-corrected chi connectivity index (χ4v) is 3.72. The molecule has 1 aliphatic rings. The van der Waals surface area contributed by atoms with Crippen LogP contribution in [0.5, 0.6) is 0 Å². The minimum atomic E-state index is -3.65. The van der Waals surface area contributed by atoms with Crippen molar-refractivity contribution >= 4 is 21.6 Å². The lowest BCUT2D eigenvalue weighted by molar-refractivity contribution is 0.1000.